The van der Waals surface area contributed by atoms with Crippen LogP contribution >= 0.6 is 11.3 Å². The summed E-state index contributed by atoms with van der Waals surface area (Å²) in [6.45, 7) is 8.35. The highest BCUT2D eigenvalue weighted by Crippen LogP contribution is 2.33. The number of carbonyl (C=O) groups excluding carboxylic acids is 1. The molecular weight excluding hydrogens is 286 g/mol. The Labute approximate surface area is 130 Å². The number of aromatic nitrogens is 1. The summed E-state index contributed by atoms with van der Waals surface area (Å²) >= 11 is 1.65. The zero-order chi connectivity index (χ0) is 15.5. The largest absolute Gasteiger partial charge is 0.444 e. The number of rotatable bonds is 6. The first kappa shape index (κ1) is 16.2. The Balaban J connectivity index is 1.81. The molecule has 2 N–H and O–H groups in total. The normalized spacial score (nSPS) is 18.1. The third kappa shape index (κ3) is 5.63. The van der Waals surface area contributed by atoms with Gasteiger partial charge in [-0.25, -0.2) is 4.79 Å². The molecule has 0 bridgehead atoms. The van der Waals surface area contributed by atoms with Gasteiger partial charge in [0.25, 0.3) is 0 Å². The van der Waals surface area contributed by atoms with E-state index < -0.39 is 5.60 Å². The van der Waals surface area contributed by atoms with E-state index in [1.807, 2.05) is 32.5 Å². The van der Waals surface area contributed by atoms with Crippen LogP contribution in [0.2, 0.25) is 0 Å². The van der Waals surface area contributed by atoms with Gasteiger partial charge in [-0.1, -0.05) is 0 Å². The molecule has 1 aromatic rings. The van der Waals surface area contributed by atoms with Gasteiger partial charge in [0.2, 0.25) is 0 Å². The van der Waals surface area contributed by atoms with Gasteiger partial charge in [0, 0.05) is 29.7 Å². The maximum Gasteiger partial charge on any atom is 0.407 e. The molecule has 2 atom stereocenters. The molecule has 0 radical (unpaired) electrons. The molecule has 0 aromatic carbocycles. The van der Waals surface area contributed by atoms with Crippen LogP contribution in [-0.4, -0.2) is 29.3 Å². The van der Waals surface area contributed by atoms with E-state index in [4.69, 9.17) is 4.74 Å². The fourth-order valence-corrected chi connectivity index (χ4v) is 2.85. The standard InChI is InChI=1S/C15H25N3O2S/c1-10(13-8-16-9-21-13)18-12(11-5-6-11)7-17-14(19)20-15(2,3)4/h8-12,18H,5-7H2,1-4H3,(H,17,19). The third-order valence-corrected chi connectivity index (χ3v) is 4.36. The van der Waals surface area contributed by atoms with Crippen LogP contribution in [0, 0.1) is 5.92 Å². The van der Waals surface area contributed by atoms with Crippen LogP contribution in [-0.2, 0) is 4.74 Å². The lowest BCUT2D eigenvalue weighted by Gasteiger charge is -2.24. The van der Waals surface area contributed by atoms with Crippen molar-refractivity contribution in [1.82, 2.24) is 15.6 Å². The van der Waals surface area contributed by atoms with Crippen molar-refractivity contribution in [1.29, 1.82) is 0 Å². The molecule has 1 fully saturated rings. The second-order valence-electron chi connectivity index (χ2n) is 6.62. The maximum absolute atomic E-state index is 11.8. The Morgan fingerprint density at radius 1 is 1.52 bits per heavy atom. The fourth-order valence-electron chi connectivity index (χ4n) is 2.21. The Bertz CT molecular complexity index is 452. The van der Waals surface area contributed by atoms with E-state index in [1.165, 1.54) is 17.7 Å². The zero-order valence-corrected chi connectivity index (χ0v) is 14.0. The summed E-state index contributed by atoms with van der Waals surface area (Å²) in [6.07, 6.45) is 4.00. The summed E-state index contributed by atoms with van der Waals surface area (Å²) in [5.74, 6) is 0.648. The van der Waals surface area contributed by atoms with Crippen LogP contribution in [0.3, 0.4) is 0 Å². The first-order valence-electron chi connectivity index (χ1n) is 7.46. The summed E-state index contributed by atoms with van der Waals surface area (Å²) in [4.78, 5) is 17.1. The van der Waals surface area contributed by atoms with Crippen molar-refractivity contribution < 1.29 is 9.53 Å². The van der Waals surface area contributed by atoms with Crippen molar-refractivity contribution in [3.05, 3.63) is 16.6 Å². The van der Waals surface area contributed by atoms with E-state index in [2.05, 4.69) is 22.5 Å². The number of nitrogens with zero attached hydrogens (tertiary/aromatic N) is 1. The minimum Gasteiger partial charge on any atom is -0.444 e. The molecule has 2 unspecified atom stereocenters. The van der Waals surface area contributed by atoms with Crippen molar-refractivity contribution in [2.24, 2.45) is 5.92 Å². The summed E-state index contributed by atoms with van der Waals surface area (Å²) in [5, 5.41) is 6.48. The Morgan fingerprint density at radius 2 is 2.24 bits per heavy atom. The van der Waals surface area contributed by atoms with Gasteiger partial charge >= 0.3 is 6.09 Å². The zero-order valence-electron chi connectivity index (χ0n) is 13.2. The fraction of sp³-hybridized carbons (Fsp3) is 0.733. The van der Waals surface area contributed by atoms with Crippen LogP contribution in [0.15, 0.2) is 11.7 Å². The minimum absolute atomic E-state index is 0.253. The van der Waals surface area contributed by atoms with Gasteiger partial charge in [0.1, 0.15) is 5.60 Å². The lowest BCUT2D eigenvalue weighted by atomic mass is 10.1. The van der Waals surface area contributed by atoms with Crippen molar-refractivity contribution in [3.8, 4) is 0 Å². The van der Waals surface area contributed by atoms with Crippen LogP contribution in [0.25, 0.3) is 0 Å². The second-order valence-corrected chi connectivity index (χ2v) is 7.54. The van der Waals surface area contributed by atoms with Gasteiger partial charge in [-0.15, -0.1) is 11.3 Å². The van der Waals surface area contributed by atoms with E-state index in [1.54, 1.807) is 11.3 Å². The number of hydrogen-bond donors (Lipinski definition) is 2. The molecule has 118 valence electrons. The smallest absolute Gasteiger partial charge is 0.407 e. The maximum atomic E-state index is 11.8. The molecule has 0 saturated heterocycles. The highest BCUT2D eigenvalue weighted by molar-refractivity contribution is 7.09. The highest BCUT2D eigenvalue weighted by atomic mass is 32.1. The molecule has 0 aliphatic heterocycles. The first-order chi connectivity index (χ1) is 9.85. The molecule has 1 heterocycles. The Kier molecular flexibility index (Phi) is 5.22. The molecule has 1 aliphatic carbocycles. The van der Waals surface area contributed by atoms with Crippen molar-refractivity contribution >= 4 is 17.4 Å². The van der Waals surface area contributed by atoms with Crippen molar-refractivity contribution in [2.75, 3.05) is 6.54 Å². The SMILES string of the molecule is CC(NC(CNC(=O)OC(C)(C)C)C1CC1)c1cncs1. The number of hydrogen-bond acceptors (Lipinski definition) is 5. The van der Waals surface area contributed by atoms with Gasteiger partial charge in [-0.05, 0) is 46.5 Å². The van der Waals surface area contributed by atoms with Crippen LogP contribution in [0.5, 0.6) is 0 Å². The molecular formula is C15H25N3O2S. The molecule has 0 spiro atoms. The number of ether oxygens (including phenoxy) is 1. The van der Waals surface area contributed by atoms with Crippen LogP contribution < -0.4 is 10.6 Å². The average molecular weight is 311 g/mol. The van der Waals surface area contributed by atoms with Crippen LogP contribution in [0.1, 0.15) is 51.5 Å². The molecule has 21 heavy (non-hydrogen) atoms. The number of alkyl carbamates (subject to hydrolysis) is 1. The summed E-state index contributed by atoms with van der Waals surface area (Å²) < 4.78 is 5.28. The number of nitrogens with one attached hydrogen (secondary N) is 2. The van der Waals surface area contributed by atoms with Gasteiger partial charge < -0.3 is 15.4 Å². The monoisotopic (exact) mass is 311 g/mol. The summed E-state index contributed by atoms with van der Waals surface area (Å²) in [7, 11) is 0. The van der Waals surface area contributed by atoms with E-state index in [0.717, 1.165) is 0 Å². The second kappa shape index (κ2) is 6.75. The molecule has 1 aromatic heterocycles. The quantitative estimate of drug-likeness (QED) is 0.847. The van der Waals surface area contributed by atoms with Crippen LogP contribution in [0.4, 0.5) is 4.79 Å². The predicted molar refractivity (Wildman–Crippen MR) is 84.4 cm³/mol. The molecule has 1 amide bonds. The van der Waals surface area contributed by atoms with E-state index >= 15 is 0 Å². The van der Waals surface area contributed by atoms with Gasteiger partial charge in [0.15, 0.2) is 0 Å². The van der Waals surface area contributed by atoms with Crippen molar-refractivity contribution in [2.45, 2.75) is 58.2 Å². The topological polar surface area (TPSA) is 63.2 Å². The van der Waals surface area contributed by atoms with E-state index in [-0.39, 0.29) is 18.2 Å². The average Bonchev–Trinajstić information content (AvgIpc) is 3.06. The number of amides is 1. The number of thiazole rings is 1. The summed E-state index contributed by atoms with van der Waals surface area (Å²) in [5.41, 5.74) is 1.39. The van der Waals surface area contributed by atoms with Crippen molar-refractivity contribution in [3.63, 3.8) is 0 Å². The van der Waals surface area contributed by atoms with E-state index in [0.29, 0.717) is 12.5 Å². The molecule has 5 nitrogen and oxygen atoms in total. The summed E-state index contributed by atoms with van der Waals surface area (Å²) in [6, 6.07) is 0.540. The third-order valence-electron chi connectivity index (χ3n) is 3.40. The Hall–Kier alpha value is -1.14. The lowest BCUT2D eigenvalue weighted by molar-refractivity contribution is 0.0520. The first-order valence-corrected chi connectivity index (χ1v) is 8.34. The van der Waals surface area contributed by atoms with Gasteiger partial charge in [-0.3, -0.25) is 4.98 Å². The van der Waals surface area contributed by atoms with E-state index in [9.17, 15) is 4.79 Å². The lowest BCUT2D eigenvalue weighted by Crippen LogP contribution is -2.44. The molecule has 6 heteroatoms. The molecule has 1 saturated carbocycles. The van der Waals surface area contributed by atoms with Gasteiger partial charge in [0.05, 0.1) is 5.51 Å². The van der Waals surface area contributed by atoms with Gasteiger partial charge in [-0.2, -0.15) is 0 Å². The minimum atomic E-state index is -0.456. The number of carbonyl (C=O) groups is 1. The Morgan fingerprint density at radius 3 is 2.76 bits per heavy atom. The molecule has 1 aliphatic rings. The predicted octanol–water partition coefficient (Wildman–Crippen LogP) is 3.10. The molecule has 2 rings (SSSR count). The highest BCUT2D eigenvalue weighted by Gasteiger charge is 2.32.